The summed E-state index contributed by atoms with van der Waals surface area (Å²) in [6, 6.07) is 8.43. The third kappa shape index (κ3) is 2.98. The van der Waals surface area contributed by atoms with Crippen LogP contribution >= 0.6 is 0 Å². The molecule has 4 heterocycles. The first kappa shape index (κ1) is 16.8. The molecule has 0 bridgehead atoms. The van der Waals surface area contributed by atoms with E-state index in [0.29, 0.717) is 0 Å². The van der Waals surface area contributed by atoms with Gasteiger partial charge in [0.25, 0.3) is 0 Å². The van der Waals surface area contributed by atoms with Crippen LogP contribution in [-0.2, 0) is 17.3 Å². The largest absolute Gasteiger partial charge is 0.343 e. The van der Waals surface area contributed by atoms with Gasteiger partial charge in [-0.15, -0.1) is 0 Å². The van der Waals surface area contributed by atoms with E-state index in [-0.39, 0.29) is 10.8 Å². The number of aromatic nitrogens is 5. The van der Waals surface area contributed by atoms with Crippen LogP contribution in [0.3, 0.4) is 0 Å². The molecule has 5 nitrogen and oxygen atoms in total. The van der Waals surface area contributed by atoms with Gasteiger partial charge < -0.3 is 9.97 Å². The Balaban J connectivity index is 1.66. The fourth-order valence-electron chi connectivity index (χ4n) is 3.32. The van der Waals surface area contributed by atoms with Crippen LogP contribution in [0.2, 0.25) is 0 Å². The topological polar surface area (TPSA) is 70.2 Å². The Labute approximate surface area is 153 Å². The van der Waals surface area contributed by atoms with Gasteiger partial charge in [0.05, 0.1) is 5.52 Å². The Hall–Kier alpha value is -2.69. The molecular formula is C21H25N5. The molecule has 0 aliphatic heterocycles. The number of nitrogens with one attached hydrogen (secondary N) is 2. The quantitative estimate of drug-likeness (QED) is 0.566. The Kier molecular flexibility index (Phi) is 3.65. The van der Waals surface area contributed by atoms with Gasteiger partial charge in [0.2, 0.25) is 0 Å². The first-order valence-electron chi connectivity index (χ1n) is 9.02. The highest BCUT2D eigenvalue weighted by Crippen LogP contribution is 2.30. The Bertz CT molecular complexity index is 1050. The minimum Gasteiger partial charge on any atom is -0.343 e. The van der Waals surface area contributed by atoms with Gasteiger partial charge in [-0.05, 0) is 36.2 Å². The highest BCUT2D eigenvalue weighted by atomic mass is 15.0. The number of hydrogen-bond donors (Lipinski definition) is 2. The average molecular weight is 347 g/mol. The zero-order valence-electron chi connectivity index (χ0n) is 16.0. The van der Waals surface area contributed by atoms with Gasteiger partial charge in [0.15, 0.2) is 5.65 Å². The van der Waals surface area contributed by atoms with E-state index >= 15 is 0 Å². The van der Waals surface area contributed by atoms with Crippen molar-refractivity contribution in [2.24, 2.45) is 0 Å². The highest BCUT2D eigenvalue weighted by Gasteiger charge is 2.24. The predicted octanol–water partition coefficient (Wildman–Crippen LogP) is 4.65. The van der Waals surface area contributed by atoms with Crippen molar-refractivity contribution in [1.29, 1.82) is 0 Å². The van der Waals surface area contributed by atoms with E-state index in [0.717, 1.165) is 34.4 Å². The smallest absolute Gasteiger partial charge is 0.177 e. The lowest BCUT2D eigenvalue weighted by atomic mass is 9.83. The van der Waals surface area contributed by atoms with Crippen LogP contribution < -0.4 is 0 Å². The van der Waals surface area contributed by atoms with Crippen molar-refractivity contribution >= 4 is 22.2 Å². The Morgan fingerprint density at radius 2 is 1.81 bits per heavy atom. The standard InChI is InChI=1S/C21H25N5/c1-20(2,3)19-24-15-9-13(12-23-18(15)26-19)11-21(4,5)16-10-14-7-6-8-22-17(14)25-16/h6-10,12H,11H2,1-5H3,(H,22,25)(H,23,24,26). The fourth-order valence-corrected chi connectivity index (χ4v) is 3.32. The molecule has 0 saturated heterocycles. The third-order valence-corrected chi connectivity index (χ3v) is 4.87. The van der Waals surface area contributed by atoms with Crippen molar-refractivity contribution in [2.75, 3.05) is 0 Å². The second kappa shape index (κ2) is 5.66. The van der Waals surface area contributed by atoms with Crippen LogP contribution in [0.5, 0.6) is 0 Å². The van der Waals surface area contributed by atoms with E-state index in [1.165, 1.54) is 11.3 Å². The molecule has 26 heavy (non-hydrogen) atoms. The van der Waals surface area contributed by atoms with Crippen LogP contribution in [0.1, 0.15) is 51.7 Å². The maximum Gasteiger partial charge on any atom is 0.177 e. The number of imidazole rings is 1. The van der Waals surface area contributed by atoms with Gasteiger partial charge in [-0.1, -0.05) is 34.6 Å². The van der Waals surface area contributed by atoms with Gasteiger partial charge >= 0.3 is 0 Å². The maximum atomic E-state index is 4.63. The molecule has 5 heteroatoms. The minimum absolute atomic E-state index is 0.0164. The number of pyridine rings is 2. The lowest BCUT2D eigenvalue weighted by Gasteiger charge is -2.23. The van der Waals surface area contributed by atoms with Crippen molar-refractivity contribution in [1.82, 2.24) is 24.9 Å². The van der Waals surface area contributed by atoms with Crippen molar-refractivity contribution in [3.63, 3.8) is 0 Å². The molecule has 134 valence electrons. The number of aromatic amines is 2. The zero-order valence-corrected chi connectivity index (χ0v) is 16.0. The van der Waals surface area contributed by atoms with E-state index < -0.39 is 0 Å². The zero-order chi connectivity index (χ0) is 18.5. The average Bonchev–Trinajstić information content (AvgIpc) is 3.18. The summed E-state index contributed by atoms with van der Waals surface area (Å²) in [4.78, 5) is 20.5. The molecule has 0 aliphatic rings. The lowest BCUT2D eigenvalue weighted by Crippen LogP contribution is -2.21. The van der Waals surface area contributed by atoms with E-state index in [2.05, 4.69) is 77.7 Å². The van der Waals surface area contributed by atoms with Gasteiger partial charge in [0, 0.05) is 34.3 Å². The molecule has 0 radical (unpaired) electrons. The summed E-state index contributed by atoms with van der Waals surface area (Å²) in [5.41, 5.74) is 5.03. The molecule has 4 aromatic heterocycles. The van der Waals surface area contributed by atoms with E-state index in [9.17, 15) is 0 Å². The number of nitrogens with zero attached hydrogens (tertiary/aromatic N) is 3. The molecule has 0 unspecified atom stereocenters. The Morgan fingerprint density at radius 3 is 2.54 bits per heavy atom. The predicted molar refractivity (Wildman–Crippen MR) is 105 cm³/mol. The SMILES string of the molecule is CC(C)(C)c1nc2ncc(CC(C)(C)c3cc4cccnc4[nH]3)cc2[nH]1. The van der Waals surface area contributed by atoms with Crippen LogP contribution in [0.4, 0.5) is 0 Å². The summed E-state index contributed by atoms with van der Waals surface area (Å²) in [6.45, 7) is 10.9. The molecule has 0 aromatic carbocycles. The highest BCUT2D eigenvalue weighted by molar-refractivity contribution is 5.76. The normalized spacial score (nSPS) is 13.0. The van der Waals surface area contributed by atoms with Gasteiger partial charge in [0.1, 0.15) is 11.5 Å². The molecule has 4 rings (SSSR count). The number of fused-ring (bicyclic) bond motifs is 2. The maximum absolute atomic E-state index is 4.63. The molecule has 0 saturated carbocycles. The van der Waals surface area contributed by atoms with Crippen molar-refractivity contribution in [3.05, 3.63) is 53.7 Å². The molecule has 2 N–H and O–H groups in total. The summed E-state index contributed by atoms with van der Waals surface area (Å²) >= 11 is 0. The van der Waals surface area contributed by atoms with Gasteiger partial charge in [-0.3, -0.25) is 0 Å². The summed E-state index contributed by atoms with van der Waals surface area (Å²) in [7, 11) is 0. The molecule has 0 fully saturated rings. The number of rotatable bonds is 3. The molecule has 4 aromatic rings. The van der Waals surface area contributed by atoms with Crippen LogP contribution in [0.25, 0.3) is 22.2 Å². The molecule has 0 atom stereocenters. The van der Waals surface area contributed by atoms with Gasteiger partial charge in [-0.25, -0.2) is 15.0 Å². The summed E-state index contributed by atoms with van der Waals surface area (Å²) in [5, 5.41) is 1.15. The second-order valence-corrected chi connectivity index (χ2v) is 8.74. The first-order chi connectivity index (χ1) is 12.2. The summed E-state index contributed by atoms with van der Waals surface area (Å²) in [6.07, 6.45) is 4.64. The lowest BCUT2D eigenvalue weighted by molar-refractivity contribution is 0.509. The van der Waals surface area contributed by atoms with Gasteiger partial charge in [-0.2, -0.15) is 0 Å². The fraction of sp³-hybridized carbons (Fsp3) is 0.381. The number of hydrogen-bond acceptors (Lipinski definition) is 3. The van der Waals surface area contributed by atoms with Crippen LogP contribution in [0, 0.1) is 0 Å². The van der Waals surface area contributed by atoms with E-state index in [1.54, 1.807) is 0 Å². The number of H-pyrrole nitrogens is 2. The van der Waals surface area contributed by atoms with Crippen LogP contribution in [-0.4, -0.2) is 24.9 Å². The van der Waals surface area contributed by atoms with Crippen molar-refractivity contribution in [3.8, 4) is 0 Å². The Morgan fingerprint density at radius 1 is 1.00 bits per heavy atom. The summed E-state index contributed by atoms with van der Waals surface area (Å²) < 4.78 is 0. The van der Waals surface area contributed by atoms with Crippen LogP contribution in [0.15, 0.2) is 36.7 Å². The summed E-state index contributed by atoms with van der Waals surface area (Å²) in [5.74, 6) is 0.970. The first-order valence-corrected chi connectivity index (χ1v) is 9.02. The van der Waals surface area contributed by atoms with Crippen molar-refractivity contribution in [2.45, 2.75) is 51.9 Å². The minimum atomic E-state index is -0.0526. The molecule has 0 amide bonds. The van der Waals surface area contributed by atoms with E-state index in [4.69, 9.17) is 0 Å². The van der Waals surface area contributed by atoms with Crippen molar-refractivity contribution < 1.29 is 0 Å². The second-order valence-electron chi connectivity index (χ2n) is 8.74. The monoisotopic (exact) mass is 347 g/mol. The van der Waals surface area contributed by atoms with E-state index in [1.807, 2.05) is 18.5 Å². The molecule has 0 aliphatic carbocycles. The molecular weight excluding hydrogens is 322 g/mol. The third-order valence-electron chi connectivity index (χ3n) is 4.87. The molecule has 0 spiro atoms.